The molecule has 0 aliphatic carbocycles. The molecule has 0 radical (unpaired) electrons. The van der Waals surface area contributed by atoms with Gasteiger partial charge in [0.05, 0.1) is 16.6 Å². The van der Waals surface area contributed by atoms with Crippen LogP contribution in [0.3, 0.4) is 0 Å². The van der Waals surface area contributed by atoms with Crippen molar-refractivity contribution < 1.29 is 0 Å². The zero-order chi connectivity index (χ0) is 42.9. The van der Waals surface area contributed by atoms with Crippen LogP contribution in [0.2, 0.25) is 0 Å². The molecule has 0 bridgehead atoms. The summed E-state index contributed by atoms with van der Waals surface area (Å²) in [6.45, 7) is 0. The highest BCUT2D eigenvalue weighted by molar-refractivity contribution is 6.19. The molecule has 7 heteroatoms. The first-order valence-corrected chi connectivity index (χ1v) is 21.2. The third-order valence-corrected chi connectivity index (χ3v) is 12.3. The largest absolute Gasteiger partial charge is 0.310 e. The van der Waals surface area contributed by atoms with Crippen molar-refractivity contribution in [2.24, 2.45) is 0 Å². The van der Waals surface area contributed by atoms with Crippen molar-refractivity contribution >= 4 is 100 Å². The van der Waals surface area contributed by atoms with Crippen LogP contribution in [-0.2, 0) is 0 Å². The number of rotatable bonds is 9. The Hall–Kier alpha value is -8.81. The summed E-state index contributed by atoms with van der Waals surface area (Å²) in [6, 6.07) is 71.1. The molecule has 3 heterocycles. The fourth-order valence-corrected chi connectivity index (χ4v) is 9.58. The van der Waals surface area contributed by atoms with E-state index in [0.717, 1.165) is 34.1 Å². The molecule has 0 spiro atoms. The maximum atomic E-state index is 15.5. The Morgan fingerprint density at radius 2 is 0.406 bits per heavy atom. The van der Waals surface area contributed by atoms with Crippen LogP contribution in [0.4, 0.5) is 51.2 Å². The third-order valence-electron chi connectivity index (χ3n) is 12.3. The number of para-hydroxylation sites is 6. The molecule has 7 nitrogen and oxygen atoms in total. The highest BCUT2D eigenvalue weighted by atomic mass is 16.1. The van der Waals surface area contributed by atoms with Crippen molar-refractivity contribution in [2.75, 3.05) is 14.7 Å². The summed E-state index contributed by atoms with van der Waals surface area (Å²) in [5.74, 6) is 0. The minimum Gasteiger partial charge on any atom is -0.310 e. The molecule has 3 aromatic heterocycles. The molecule has 0 aliphatic heterocycles. The van der Waals surface area contributed by atoms with Crippen LogP contribution in [-0.4, -0.2) is 4.40 Å². The molecule has 0 saturated heterocycles. The van der Waals surface area contributed by atoms with E-state index in [1.807, 2.05) is 223 Å². The predicted octanol–water partition coefficient (Wildman–Crippen LogP) is 13.4. The average Bonchev–Trinajstić information content (AvgIpc) is 3.35. The minimum atomic E-state index is -0.266. The lowest BCUT2D eigenvalue weighted by molar-refractivity contribution is 1.26. The van der Waals surface area contributed by atoms with Crippen LogP contribution in [0, 0.1) is 0 Å². The summed E-state index contributed by atoms with van der Waals surface area (Å²) >= 11 is 0. The molecule has 0 fully saturated rings. The summed E-state index contributed by atoms with van der Waals surface area (Å²) in [5, 5.41) is 2.28. The summed E-state index contributed by atoms with van der Waals surface area (Å²) < 4.78 is 2.02. The summed E-state index contributed by atoms with van der Waals surface area (Å²) in [4.78, 5) is 52.7. The van der Waals surface area contributed by atoms with Crippen LogP contribution < -0.4 is 31.0 Å². The molecule has 9 aromatic carbocycles. The number of anilines is 9. The SMILES string of the molecule is O=c1c2cc(N(c3ccccc3)c3ccccc3)cc3c(=O)c4cc(N(c5ccccc5)c5ccccc5)cc5c(=O)c6cc(N(c7ccccc7)c7ccccc7)cc1c6n(c23)c45. The Labute approximate surface area is 366 Å². The van der Waals surface area contributed by atoms with Crippen LogP contribution in [0.25, 0.3) is 48.9 Å². The Morgan fingerprint density at radius 1 is 0.234 bits per heavy atom. The molecular formula is C57H36N4O3. The topological polar surface area (TPSA) is 65.3 Å². The molecule has 302 valence electrons. The van der Waals surface area contributed by atoms with Crippen LogP contribution >= 0.6 is 0 Å². The van der Waals surface area contributed by atoms with Gasteiger partial charge < -0.3 is 19.1 Å². The van der Waals surface area contributed by atoms with E-state index in [-0.39, 0.29) is 16.3 Å². The van der Waals surface area contributed by atoms with Gasteiger partial charge in [-0.25, -0.2) is 0 Å². The fourth-order valence-electron chi connectivity index (χ4n) is 9.58. The van der Waals surface area contributed by atoms with Gasteiger partial charge in [0.2, 0.25) is 0 Å². The van der Waals surface area contributed by atoms with Crippen molar-refractivity contribution in [3.05, 3.63) is 249 Å². The first-order chi connectivity index (χ1) is 31.5. The fraction of sp³-hybridized carbons (Fsp3) is 0. The molecule has 12 rings (SSSR count). The lowest BCUT2D eigenvalue weighted by Crippen LogP contribution is -2.21. The van der Waals surface area contributed by atoms with Crippen molar-refractivity contribution in [1.29, 1.82) is 0 Å². The molecule has 12 aromatic rings. The van der Waals surface area contributed by atoms with Crippen LogP contribution in [0.15, 0.2) is 233 Å². The standard InChI is InChI=1S/C57H36N4O3/c62-55-46-31-43(58(37-19-7-1-8-20-37)38-21-9-2-10-22-38)32-47-52(46)61-53-48(55)33-44(59(39-23-11-3-12-24-39)40-25-13-4-14-26-40)35-50(53)57(64)51-36-45(34-49(54(51)61)56(47)63)60(41-27-15-5-16-28-41)42-29-17-6-18-30-42/h1-36H. The lowest BCUT2D eigenvalue weighted by atomic mass is 9.95. The van der Waals surface area contributed by atoms with E-state index in [2.05, 4.69) is 14.7 Å². The summed E-state index contributed by atoms with van der Waals surface area (Å²) in [6.07, 6.45) is 0. The molecule has 0 amide bonds. The number of hydrogen-bond donors (Lipinski definition) is 0. The van der Waals surface area contributed by atoms with E-state index in [4.69, 9.17) is 0 Å². The second-order valence-corrected chi connectivity index (χ2v) is 16.0. The minimum absolute atomic E-state index is 0.266. The first-order valence-electron chi connectivity index (χ1n) is 21.2. The van der Waals surface area contributed by atoms with E-state index in [0.29, 0.717) is 65.9 Å². The van der Waals surface area contributed by atoms with E-state index < -0.39 is 0 Å². The Bertz CT molecular complexity index is 3210. The van der Waals surface area contributed by atoms with Gasteiger partial charge in [0, 0.05) is 83.5 Å². The zero-order valence-electron chi connectivity index (χ0n) is 34.3. The van der Waals surface area contributed by atoms with Gasteiger partial charge in [-0.1, -0.05) is 109 Å². The maximum Gasteiger partial charge on any atom is 0.197 e. The molecule has 0 unspecified atom stereocenters. The second kappa shape index (κ2) is 14.7. The number of hydrogen-bond acceptors (Lipinski definition) is 6. The molecule has 0 atom stereocenters. The number of pyridine rings is 3. The number of aromatic nitrogens is 1. The molecule has 64 heavy (non-hydrogen) atoms. The zero-order valence-corrected chi connectivity index (χ0v) is 34.3. The van der Waals surface area contributed by atoms with Crippen molar-refractivity contribution in [3.63, 3.8) is 0 Å². The highest BCUT2D eigenvalue weighted by Gasteiger charge is 2.28. The van der Waals surface area contributed by atoms with Crippen LogP contribution in [0.1, 0.15) is 0 Å². The number of benzene rings is 9. The Kier molecular flexibility index (Phi) is 8.49. The highest BCUT2D eigenvalue weighted by Crippen LogP contribution is 2.44. The summed E-state index contributed by atoms with van der Waals surface area (Å²) in [7, 11) is 0. The van der Waals surface area contributed by atoms with Gasteiger partial charge in [-0.15, -0.1) is 0 Å². The van der Waals surface area contributed by atoms with Gasteiger partial charge >= 0.3 is 0 Å². The van der Waals surface area contributed by atoms with Gasteiger partial charge in [-0.05, 0) is 109 Å². The van der Waals surface area contributed by atoms with E-state index in [1.165, 1.54) is 0 Å². The Morgan fingerprint density at radius 3 is 0.578 bits per heavy atom. The number of nitrogens with zero attached hydrogens (tertiary/aromatic N) is 4. The quantitative estimate of drug-likeness (QED) is 0.107. The van der Waals surface area contributed by atoms with Gasteiger partial charge in [0.1, 0.15) is 0 Å². The monoisotopic (exact) mass is 824 g/mol. The van der Waals surface area contributed by atoms with E-state index in [9.17, 15) is 0 Å². The van der Waals surface area contributed by atoms with Crippen molar-refractivity contribution in [1.82, 2.24) is 4.40 Å². The maximum absolute atomic E-state index is 15.5. The lowest BCUT2D eigenvalue weighted by Gasteiger charge is -2.29. The predicted molar refractivity (Wildman–Crippen MR) is 264 cm³/mol. The van der Waals surface area contributed by atoms with Gasteiger partial charge in [-0.2, -0.15) is 0 Å². The van der Waals surface area contributed by atoms with Gasteiger partial charge in [-0.3, -0.25) is 14.4 Å². The van der Waals surface area contributed by atoms with Gasteiger partial charge in [0.15, 0.2) is 16.3 Å². The Balaban J connectivity index is 1.26. The van der Waals surface area contributed by atoms with Gasteiger partial charge in [0.25, 0.3) is 0 Å². The van der Waals surface area contributed by atoms with E-state index >= 15 is 14.4 Å². The first kappa shape index (κ1) is 37.0. The molecule has 0 aliphatic rings. The van der Waals surface area contributed by atoms with Crippen molar-refractivity contribution in [2.45, 2.75) is 0 Å². The molecular weight excluding hydrogens is 789 g/mol. The summed E-state index contributed by atoms with van der Waals surface area (Å²) in [5.41, 5.74) is 7.85. The second-order valence-electron chi connectivity index (χ2n) is 16.0. The van der Waals surface area contributed by atoms with Crippen molar-refractivity contribution in [3.8, 4) is 0 Å². The smallest absolute Gasteiger partial charge is 0.197 e. The van der Waals surface area contributed by atoms with Crippen LogP contribution in [0.5, 0.6) is 0 Å². The van der Waals surface area contributed by atoms with E-state index in [1.54, 1.807) is 0 Å². The third kappa shape index (κ3) is 5.72. The molecule has 0 N–H and O–H groups in total. The average molecular weight is 825 g/mol. The molecule has 0 saturated carbocycles. The normalized spacial score (nSPS) is 11.6.